The van der Waals surface area contributed by atoms with Crippen LogP contribution in [-0.4, -0.2) is 0 Å². The molecule has 0 aliphatic rings. The molecule has 1 nitrogen and oxygen atoms in total. The molecule has 0 saturated carbocycles. The van der Waals surface area contributed by atoms with Crippen LogP contribution in [0.4, 0.5) is 11.4 Å². The summed E-state index contributed by atoms with van der Waals surface area (Å²) < 4.78 is 2.68. The molecule has 0 amide bonds. The average Bonchev–Trinajstić information content (AvgIpc) is 3.36. The minimum atomic E-state index is 1.08. The van der Waals surface area contributed by atoms with Crippen molar-refractivity contribution in [3.8, 4) is 33.4 Å². The fourth-order valence-corrected chi connectivity index (χ4v) is 6.17. The van der Waals surface area contributed by atoms with Gasteiger partial charge in [-0.1, -0.05) is 103 Å². The molecule has 1 N–H and O–H groups in total. The Kier molecular flexibility index (Phi) is 5.73. The second-order valence-corrected chi connectivity index (χ2v) is 10.6. The van der Waals surface area contributed by atoms with Crippen LogP contribution in [-0.2, 0) is 0 Å². The van der Waals surface area contributed by atoms with Crippen LogP contribution in [0.15, 0.2) is 146 Å². The van der Waals surface area contributed by atoms with E-state index in [1.807, 2.05) is 11.3 Å². The maximum atomic E-state index is 3.58. The molecule has 6 aromatic carbocycles. The summed E-state index contributed by atoms with van der Waals surface area (Å²) in [6.45, 7) is 0. The van der Waals surface area contributed by atoms with Crippen LogP contribution in [0.2, 0.25) is 0 Å². The predicted molar refractivity (Wildman–Crippen MR) is 165 cm³/mol. The lowest BCUT2D eigenvalue weighted by molar-refractivity contribution is 1.53. The Morgan fingerprint density at radius 1 is 0.342 bits per heavy atom. The van der Waals surface area contributed by atoms with Crippen LogP contribution in [0.3, 0.4) is 0 Å². The molecule has 2 heteroatoms. The molecule has 0 saturated heterocycles. The zero-order chi connectivity index (χ0) is 25.3. The number of hydrogen-bond donors (Lipinski definition) is 1. The van der Waals surface area contributed by atoms with Crippen LogP contribution >= 0.6 is 11.3 Å². The normalized spacial score (nSPS) is 11.2. The van der Waals surface area contributed by atoms with Gasteiger partial charge in [-0.25, -0.2) is 0 Å². The van der Waals surface area contributed by atoms with Gasteiger partial charge in [0.1, 0.15) is 0 Å². The van der Waals surface area contributed by atoms with E-state index >= 15 is 0 Å². The Hall–Kier alpha value is -4.66. The summed E-state index contributed by atoms with van der Waals surface area (Å²) in [5, 5.41) is 6.25. The van der Waals surface area contributed by atoms with Crippen LogP contribution in [0, 0.1) is 0 Å². The van der Waals surface area contributed by atoms with E-state index in [0.29, 0.717) is 0 Å². The third-order valence-corrected chi connectivity index (χ3v) is 8.22. The Bertz CT molecular complexity index is 1860. The monoisotopic (exact) mass is 503 g/mol. The van der Waals surface area contributed by atoms with Gasteiger partial charge in [0.2, 0.25) is 0 Å². The molecule has 0 radical (unpaired) electrons. The van der Waals surface area contributed by atoms with E-state index in [2.05, 4.69) is 151 Å². The minimum absolute atomic E-state index is 1.08. The van der Waals surface area contributed by atoms with Gasteiger partial charge in [-0.2, -0.15) is 0 Å². The first-order valence-corrected chi connectivity index (χ1v) is 13.7. The number of nitrogens with one attached hydrogen (secondary N) is 1. The first-order chi connectivity index (χ1) is 18.8. The number of thiophene rings is 1. The van der Waals surface area contributed by atoms with E-state index in [4.69, 9.17) is 0 Å². The van der Waals surface area contributed by atoms with Gasteiger partial charge >= 0.3 is 0 Å². The minimum Gasteiger partial charge on any atom is -0.356 e. The molecule has 38 heavy (non-hydrogen) atoms. The molecule has 0 aliphatic carbocycles. The molecule has 0 spiro atoms. The Labute approximate surface area is 226 Å². The van der Waals surface area contributed by atoms with E-state index in [9.17, 15) is 0 Å². The third kappa shape index (κ3) is 4.36. The standard InChI is InChI=1S/C36H25NS/c1-2-7-25(8-3-1)26-13-15-27(16-14-26)29-9-6-10-32(23-29)37-31-20-17-28(18-21-31)30-19-22-36-34(24-30)33-11-4-5-12-35(33)38-36/h1-24,37H. The molecule has 180 valence electrons. The molecular formula is C36H25NS. The summed E-state index contributed by atoms with van der Waals surface area (Å²) in [6.07, 6.45) is 0. The van der Waals surface area contributed by atoms with Gasteiger partial charge in [0, 0.05) is 31.5 Å². The first kappa shape index (κ1) is 22.5. The zero-order valence-electron chi connectivity index (χ0n) is 20.8. The van der Waals surface area contributed by atoms with Crippen molar-refractivity contribution in [1.82, 2.24) is 0 Å². The molecule has 1 heterocycles. The fraction of sp³-hybridized carbons (Fsp3) is 0. The van der Waals surface area contributed by atoms with Crippen LogP contribution in [0.25, 0.3) is 53.6 Å². The molecule has 0 bridgehead atoms. The Balaban J connectivity index is 1.11. The molecule has 0 fully saturated rings. The van der Waals surface area contributed by atoms with Gasteiger partial charge in [0.05, 0.1) is 0 Å². The molecule has 7 rings (SSSR count). The molecule has 0 unspecified atom stereocenters. The summed E-state index contributed by atoms with van der Waals surface area (Å²) in [4.78, 5) is 0. The Morgan fingerprint density at radius 2 is 0.895 bits per heavy atom. The van der Waals surface area contributed by atoms with Gasteiger partial charge in [-0.05, 0) is 75.8 Å². The maximum absolute atomic E-state index is 3.58. The highest BCUT2D eigenvalue weighted by molar-refractivity contribution is 7.25. The predicted octanol–water partition coefficient (Wildman–Crippen LogP) is 10.8. The second kappa shape index (κ2) is 9.66. The average molecular weight is 504 g/mol. The van der Waals surface area contributed by atoms with Crippen molar-refractivity contribution in [2.24, 2.45) is 0 Å². The summed E-state index contributed by atoms with van der Waals surface area (Å²) in [5.41, 5.74) is 9.49. The van der Waals surface area contributed by atoms with E-state index < -0.39 is 0 Å². The fourth-order valence-electron chi connectivity index (χ4n) is 5.08. The smallest absolute Gasteiger partial charge is 0.0390 e. The van der Waals surface area contributed by atoms with E-state index in [1.165, 1.54) is 53.6 Å². The largest absolute Gasteiger partial charge is 0.356 e. The maximum Gasteiger partial charge on any atom is 0.0390 e. The highest BCUT2D eigenvalue weighted by Crippen LogP contribution is 2.36. The SMILES string of the molecule is c1ccc(-c2ccc(-c3cccc(Nc4ccc(-c5ccc6sc7ccccc7c6c5)cc4)c3)cc2)cc1. The quantitative estimate of drug-likeness (QED) is 0.246. The summed E-state index contributed by atoms with van der Waals surface area (Å²) in [5.74, 6) is 0. The van der Waals surface area contributed by atoms with Gasteiger partial charge in [-0.15, -0.1) is 11.3 Å². The number of benzene rings is 6. The highest BCUT2D eigenvalue weighted by Gasteiger charge is 2.07. The topological polar surface area (TPSA) is 12.0 Å². The van der Waals surface area contributed by atoms with Gasteiger partial charge in [0.15, 0.2) is 0 Å². The number of anilines is 2. The van der Waals surface area contributed by atoms with E-state index in [1.54, 1.807) is 0 Å². The highest BCUT2D eigenvalue weighted by atomic mass is 32.1. The van der Waals surface area contributed by atoms with Crippen molar-refractivity contribution in [3.05, 3.63) is 146 Å². The lowest BCUT2D eigenvalue weighted by Crippen LogP contribution is -1.91. The van der Waals surface area contributed by atoms with Crippen LogP contribution in [0.1, 0.15) is 0 Å². The summed E-state index contributed by atoms with van der Waals surface area (Å²) in [6, 6.07) is 52.1. The van der Waals surface area contributed by atoms with Gasteiger partial charge in [0.25, 0.3) is 0 Å². The third-order valence-electron chi connectivity index (χ3n) is 7.07. The lowest BCUT2D eigenvalue weighted by atomic mass is 10.00. The molecule has 0 aliphatic heterocycles. The van der Waals surface area contributed by atoms with Crippen molar-refractivity contribution in [2.75, 3.05) is 5.32 Å². The number of fused-ring (bicyclic) bond motifs is 3. The zero-order valence-corrected chi connectivity index (χ0v) is 21.6. The summed E-state index contributed by atoms with van der Waals surface area (Å²) >= 11 is 1.86. The van der Waals surface area contributed by atoms with E-state index in [-0.39, 0.29) is 0 Å². The van der Waals surface area contributed by atoms with Crippen molar-refractivity contribution in [3.63, 3.8) is 0 Å². The van der Waals surface area contributed by atoms with E-state index in [0.717, 1.165) is 11.4 Å². The van der Waals surface area contributed by atoms with Crippen molar-refractivity contribution < 1.29 is 0 Å². The van der Waals surface area contributed by atoms with Crippen molar-refractivity contribution in [2.45, 2.75) is 0 Å². The molecule has 1 aromatic heterocycles. The number of rotatable bonds is 5. The molecule has 7 aromatic rings. The second-order valence-electron chi connectivity index (χ2n) is 9.54. The first-order valence-electron chi connectivity index (χ1n) is 12.8. The van der Waals surface area contributed by atoms with Gasteiger partial charge < -0.3 is 5.32 Å². The molecule has 0 atom stereocenters. The van der Waals surface area contributed by atoms with Crippen molar-refractivity contribution in [1.29, 1.82) is 0 Å². The van der Waals surface area contributed by atoms with Crippen LogP contribution < -0.4 is 5.32 Å². The Morgan fingerprint density at radius 3 is 1.68 bits per heavy atom. The summed E-state index contributed by atoms with van der Waals surface area (Å²) in [7, 11) is 0. The van der Waals surface area contributed by atoms with Crippen LogP contribution in [0.5, 0.6) is 0 Å². The lowest BCUT2D eigenvalue weighted by Gasteiger charge is -2.11. The number of hydrogen-bond acceptors (Lipinski definition) is 2. The molecular weight excluding hydrogens is 478 g/mol. The van der Waals surface area contributed by atoms with Gasteiger partial charge in [-0.3, -0.25) is 0 Å². The van der Waals surface area contributed by atoms with Crippen molar-refractivity contribution >= 4 is 42.9 Å².